The van der Waals surface area contributed by atoms with E-state index in [9.17, 15) is 27.9 Å². The van der Waals surface area contributed by atoms with E-state index in [0.717, 1.165) is 17.0 Å². The molecule has 6 nitrogen and oxygen atoms in total. The van der Waals surface area contributed by atoms with Crippen molar-refractivity contribution in [2.45, 2.75) is 44.9 Å². The van der Waals surface area contributed by atoms with Gasteiger partial charge in [0.25, 0.3) is 0 Å². The third kappa shape index (κ3) is 5.91. The summed E-state index contributed by atoms with van der Waals surface area (Å²) in [4.78, 5) is 24.8. The normalized spacial score (nSPS) is 13.2. The second-order valence-electron chi connectivity index (χ2n) is 6.74. The second kappa shape index (κ2) is 8.39. The summed E-state index contributed by atoms with van der Waals surface area (Å²) in [5.74, 6) is -0.572. The molecule has 0 saturated carbocycles. The summed E-state index contributed by atoms with van der Waals surface area (Å²) in [6.07, 6.45) is -6.31. The summed E-state index contributed by atoms with van der Waals surface area (Å²) in [6.45, 7) is 4.44. The van der Waals surface area contributed by atoms with Crippen LogP contribution >= 0.6 is 0 Å². The number of carbonyl (C=O) groups is 2. The lowest BCUT2D eigenvalue weighted by Gasteiger charge is -2.39. The van der Waals surface area contributed by atoms with Crippen molar-refractivity contribution in [3.05, 3.63) is 35.4 Å². The summed E-state index contributed by atoms with van der Waals surface area (Å²) in [5.41, 5.74) is -1.81. The molecule has 0 saturated heterocycles. The van der Waals surface area contributed by atoms with E-state index >= 15 is 0 Å². The first-order valence-corrected chi connectivity index (χ1v) is 7.95. The predicted octanol–water partition coefficient (Wildman–Crippen LogP) is 3.02. The maximum Gasteiger partial charge on any atom is 0.416 e. The fourth-order valence-corrected chi connectivity index (χ4v) is 2.61. The molecule has 1 rings (SSSR count). The molecule has 0 fully saturated rings. The molecule has 2 amide bonds. The molecule has 1 aromatic carbocycles. The molecular weight excluding hydrogens is 353 g/mol. The fourth-order valence-electron chi connectivity index (χ4n) is 2.61. The van der Waals surface area contributed by atoms with E-state index in [1.807, 2.05) is 0 Å². The van der Waals surface area contributed by atoms with Gasteiger partial charge >= 0.3 is 12.3 Å². The van der Waals surface area contributed by atoms with Crippen LogP contribution in [0.15, 0.2) is 24.3 Å². The van der Waals surface area contributed by atoms with Gasteiger partial charge < -0.3 is 15.5 Å². The van der Waals surface area contributed by atoms with Crippen LogP contribution in [0.2, 0.25) is 0 Å². The van der Waals surface area contributed by atoms with E-state index in [-0.39, 0.29) is 25.1 Å². The standard InChI is InChI=1S/C17H23F3N2O4/c1-16(2,3)22(15(25)26)13(10-14(24)21-7-8-23)11-5-4-6-12(9-11)17(18,19)20/h4-6,9,13,23H,7-8,10H2,1-3H3,(H,21,24)(H,25,26)/t13-/m0/s1. The minimum atomic E-state index is -4.59. The van der Waals surface area contributed by atoms with Crippen LogP contribution in [0, 0.1) is 0 Å². The highest BCUT2D eigenvalue weighted by Crippen LogP contribution is 2.35. The van der Waals surface area contributed by atoms with Crippen molar-refractivity contribution in [2.75, 3.05) is 13.2 Å². The molecule has 0 aliphatic heterocycles. The quantitative estimate of drug-likeness (QED) is 0.712. The number of hydrogen-bond donors (Lipinski definition) is 3. The fraction of sp³-hybridized carbons (Fsp3) is 0.529. The molecular formula is C17H23F3N2O4. The van der Waals surface area contributed by atoms with Gasteiger partial charge in [0, 0.05) is 12.1 Å². The maximum atomic E-state index is 13.0. The van der Waals surface area contributed by atoms with E-state index < -0.39 is 35.3 Å². The van der Waals surface area contributed by atoms with Crippen molar-refractivity contribution < 1.29 is 33.0 Å². The molecule has 1 aromatic rings. The summed E-state index contributed by atoms with van der Waals surface area (Å²) in [6, 6.07) is 3.16. The lowest BCUT2D eigenvalue weighted by atomic mass is 9.94. The monoisotopic (exact) mass is 376 g/mol. The first kappa shape index (κ1) is 21.8. The Hall–Kier alpha value is -2.29. The highest BCUT2D eigenvalue weighted by atomic mass is 19.4. The van der Waals surface area contributed by atoms with Crippen LogP contribution in [0.1, 0.15) is 44.4 Å². The Morgan fingerprint density at radius 2 is 1.85 bits per heavy atom. The number of carbonyl (C=O) groups excluding carboxylic acids is 1. The molecule has 0 heterocycles. The number of halogens is 3. The van der Waals surface area contributed by atoms with Crippen LogP contribution in [0.25, 0.3) is 0 Å². The third-order valence-electron chi connectivity index (χ3n) is 3.65. The molecule has 3 N–H and O–H groups in total. The topological polar surface area (TPSA) is 89.9 Å². The van der Waals surface area contributed by atoms with Gasteiger partial charge in [-0.25, -0.2) is 4.79 Å². The van der Waals surface area contributed by atoms with Crippen LogP contribution in [-0.2, 0) is 11.0 Å². The number of rotatable bonds is 6. The van der Waals surface area contributed by atoms with Crippen molar-refractivity contribution in [3.63, 3.8) is 0 Å². The summed E-state index contributed by atoms with van der Waals surface area (Å²) >= 11 is 0. The molecule has 9 heteroatoms. The summed E-state index contributed by atoms with van der Waals surface area (Å²) in [5, 5.41) is 20.8. The van der Waals surface area contributed by atoms with Crippen LogP contribution in [0.5, 0.6) is 0 Å². The predicted molar refractivity (Wildman–Crippen MR) is 88.5 cm³/mol. The van der Waals surface area contributed by atoms with Crippen molar-refractivity contribution >= 4 is 12.0 Å². The van der Waals surface area contributed by atoms with Crippen LogP contribution in [0.4, 0.5) is 18.0 Å². The Morgan fingerprint density at radius 3 is 2.31 bits per heavy atom. The van der Waals surface area contributed by atoms with Gasteiger partial charge in [-0.2, -0.15) is 13.2 Å². The van der Waals surface area contributed by atoms with Crippen LogP contribution in [0.3, 0.4) is 0 Å². The number of aliphatic hydroxyl groups is 1. The molecule has 0 bridgehead atoms. The van der Waals surface area contributed by atoms with Gasteiger partial charge in [0.15, 0.2) is 0 Å². The zero-order valence-electron chi connectivity index (χ0n) is 14.8. The molecule has 1 atom stereocenters. The van der Waals surface area contributed by atoms with Crippen molar-refractivity contribution in [1.29, 1.82) is 0 Å². The second-order valence-corrected chi connectivity index (χ2v) is 6.74. The smallest absolute Gasteiger partial charge is 0.416 e. The Labute approximate surface area is 149 Å². The number of benzene rings is 1. The molecule has 0 spiro atoms. The van der Waals surface area contributed by atoms with E-state index in [1.165, 1.54) is 12.1 Å². The molecule has 26 heavy (non-hydrogen) atoms. The van der Waals surface area contributed by atoms with E-state index in [2.05, 4.69) is 5.32 Å². The van der Waals surface area contributed by atoms with E-state index in [1.54, 1.807) is 20.8 Å². The number of alkyl halides is 3. The lowest BCUT2D eigenvalue weighted by molar-refractivity contribution is -0.137. The van der Waals surface area contributed by atoms with Gasteiger partial charge in [-0.1, -0.05) is 12.1 Å². The maximum absolute atomic E-state index is 13.0. The van der Waals surface area contributed by atoms with Gasteiger partial charge in [0.2, 0.25) is 5.91 Å². The Bertz CT molecular complexity index is 642. The van der Waals surface area contributed by atoms with E-state index in [4.69, 9.17) is 5.11 Å². The highest BCUT2D eigenvalue weighted by molar-refractivity contribution is 5.78. The average molecular weight is 376 g/mol. The lowest BCUT2D eigenvalue weighted by Crippen LogP contribution is -2.48. The van der Waals surface area contributed by atoms with Gasteiger partial charge in [-0.15, -0.1) is 0 Å². The highest BCUT2D eigenvalue weighted by Gasteiger charge is 2.37. The number of nitrogens with zero attached hydrogens (tertiary/aromatic N) is 1. The molecule has 0 aliphatic carbocycles. The zero-order chi connectivity index (χ0) is 20.1. The third-order valence-corrected chi connectivity index (χ3v) is 3.65. The Kier molecular flexibility index (Phi) is 7.02. The molecule has 0 unspecified atom stereocenters. The van der Waals surface area contributed by atoms with Crippen LogP contribution < -0.4 is 5.32 Å². The first-order valence-electron chi connectivity index (χ1n) is 7.95. The van der Waals surface area contributed by atoms with E-state index in [0.29, 0.717) is 0 Å². The van der Waals surface area contributed by atoms with Gasteiger partial charge in [-0.05, 0) is 38.5 Å². The zero-order valence-corrected chi connectivity index (χ0v) is 14.8. The molecule has 146 valence electrons. The number of carboxylic acid groups (broad SMARTS) is 1. The first-order chi connectivity index (χ1) is 11.9. The summed E-state index contributed by atoms with van der Waals surface area (Å²) < 4.78 is 39.1. The van der Waals surface area contributed by atoms with Crippen molar-refractivity contribution in [2.24, 2.45) is 0 Å². The minimum Gasteiger partial charge on any atom is -0.465 e. The minimum absolute atomic E-state index is 0.0310. The van der Waals surface area contributed by atoms with Crippen molar-refractivity contribution in [3.8, 4) is 0 Å². The van der Waals surface area contributed by atoms with Gasteiger partial charge in [0.05, 0.1) is 24.6 Å². The average Bonchev–Trinajstić information content (AvgIpc) is 2.50. The number of aliphatic hydroxyl groups excluding tert-OH is 1. The van der Waals surface area contributed by atoms with Gasteiger partial charge in [0.1, 0.15) is 0 Å². The largest absolute Gasteiger partial charge is 0.465 e. The van der Waals surface area contributed by atoms with Gasteiger partial charge in [-0.3, -0.25) is 9.69 Å². The summed E-state index contributed by atoms with van der Waals surface area (Å²) in [7, 11) is 0. The Balaban J connectivity index is 3.35. The van der Waals surface area contributed by atoms with Crippen molar-refractivity contribution in [1.82, 2.24) is 10.2 Å². The Morgan fingerprint density at radius 1 is 1.23 bits per heavy atom. The molecule has 0 radical (unpaired) electrons. The SMILES string of the molecule is CC(C)(C)N(C(=O)O)[C@@H](CC(=O)NCCO)c1cccc(C(F)(F)F)c1. The number of hydrogen-bond acceptors (Lipinski definition) is 3. The molecule has 0 aliphatic rings. The van der Waals surface area contributed by atoms with Crippen LogP contribution in [-0.4, -0.2) is 45.8 Å². The molecule has 0 aromatic heterocycles. The number of nitrogens with one attached hydrogen (secondary N) is 1. The number of amides is 2.